The van der Waals surface area contributed by atoms with Crippen LogP contribution < -0.4 is 10.6 Å². The van der Waals surface area contributed by atoms with Gasteiger partial charge in [-0.15, -0.1) is 12.4 Å². The smallest absolute Gasteiger partial charge is 0.237 e. The minimum Gasteiger partial charge on any atom is -0.355 e. The average Bonchev–Trinajstić information content (AvgIpc) is 2.44. The van der Waals surface area contributed by atoms with E-state index in [0.29, 0.717) is 13.1 Å². The van der Waals surface area contributed by atoms with Crippen molar-refractivity contribution >= 4 is 24.2 Å². The molecule has 0 spiro atoms. The lowest BCUT2D eigenvalue weighted by atomic mass is 10.2. The van der Waals surface area contributed by atoms with Gasteiger partial charge in [-0.2, -0.15) is 0 Å². The molecule has 7 heteroatoms. The first-order valence-corrected chi connectivity index (χ1v) is 7.02. The zero-order valence-corrected chi connectivity index (χ0v) is 13.5. The normalized spacial score (nSPS) is 16.5. The maximum Gasteiger partial charge on any atom is 0.237 e. The van der Waals surface area contributed by atoms with Crippen molar-refractivity contribution in [2.45, 2.75) is 26.3 Å². The number of hydrogen-bond acceptors (Lipinski definition) is 4. The lowest BCUT2D eigenvalue weighted by Gasteiger charge is -2.30. The fourth-order valence-electron chi connectivity index (χ4n) is 1.96. The lowest BCUT2D eigenvalue weighted by Crippen LogP contribution is -2.52. The van der Waals surface area contributed by atoms with Crippen molar-refractivity contribution in [1.29, 1.82) is 0 Å². The number of carbonyl (C=O) groups excluding carboxylic acids is 2. The van der Waals surface area contributed by atoms with Crippen LogP contribution in [0.5, 0.6) is 0 Å². The topological polar surface area (TPSA) is 64.7 Å². The largest absolute Gasteiger partial charge is 0.355 e. The Balaban J connectivity index is 0.00000361. The minimum absolute atomic E-state index is 0. The number of nitrogens with zero attached hydrogens (tertiary/aromatic N) is 2. The summed E-state index contributed by atoms with van der Waals surface area (Å²) < 4.78 is 0. The van der Waals surface area contributed by atoms with E-state index in [9.17, 15) is 9.59 Å². The Kier molecular flexibility index (Phi) is 9.54. The summed E-state index contributed by atoms with van der Waals surface area (Å²) in [5.74, 6) is 0.0802. The highest BCUT2D eigenvalue weighted by molar-refractivity contribution is 5.85. The van der Waals surface area contributed by atoms with Gasteiger partial charge in [0.2, 0.25) is 11.8 Å². The third-order valence-electron chi connectivity index (χ3n) is 3.44. The molecule has 1 fully saturated rings. The monoisotopic (exact) mass is 306 g/mol. The van der Waals surface area contributed by atoms with E-state index >= 15 is 0 Å². The molecule has 0 aromatic carbocycles. The molecule has 0 aromatic heterocycles. The van der Waals surface area contributed by atoms with Gasteiger partial charge in [0.05, 0.1) is 12.6 Å². The average molecular weight is 307 g/mol. The van der Waals surface area contributed by atoms with Gasteiger partial charge in [-0.3, -0.25) is 14.5 Å². The molecule has 1 aliphatic heterocycles. The fraction of sp³-hybridized carbons (Fsp3) is 0.846. The molecule has 1 atom stereocenters. The van der Waals surface area contributed by atoms with Crippen molar-refractivity contribution in [2.75, 3.05) is 46.3 Å². The number of nitrogens with one attached hydrogen (secondary N) is 2. The van der Waals surface area contributed by atoms with Crippen LogP contribution in [0, 0.1) is 0 Å². The predicted octanol–water partition coefficient (Wildman–Crippen LogP) is -0.313. The Bertz CT molecular complexity index is 309. The van der Waals surface area contributed by atoms with Crippen molar-refractivity contribution < 1.29 is 9.59 Å². The Morgan fingerprint density at radius 1 is 1.35 bits per heavy atom. The molecule has 0 bridgehead atoms. The molecular formula is C13H27ClN4O2. The van der Waals surface area contributed by atoms with Gasteiger partial charge in [-0.25, -0.2) is 0 Å². The molecule has 2 amide bonds. The summed E-state index contributed by atoms with van der Waals surface area (Å²) in [6.07, 6.45) is 0.919. The second-order valence-corrected chi connectivity index (χ2v) is 5.01. The van der Waals surface area contributed by atoms with Crippen molar-refractivity contribution in [3.63, 3.8) is 0 Å². The highest BCUT2D eigenvalue weighted by Crippen LogP contribution is 2.00. The standard InChI is InChI=1S/C13H26N4O2.ClH/c1-4-5-15-13(19)11(2)16(3)10-12(18)17-8-6-14-7-9-17;/h11,14H,4-10H2,1-3H3,(H,15,19);1H. The molecule has 118 valence electrons. The summed E-state index contributed by atoms with van der Waals surface area (Å²) in [4.78, 5) is 27.5. The number of hydrogen-bond donors (Lipinski definition) is 2. The van der Waals surface area contributed by atoms with Crippen LogP contribution in [0.4, 0.5) is 0 Å². The summed E-state index contributed by atoms with van der Waals surface area (Å²) >= 11 is 0. The number of rotatable bonds is 6. The van der Waals surface area contributed by atoms with E-state index in [2.05, 4.69) is 10.6 Å². The first-order chi connectivity index (χ1) is 9.06. The highest BCUT2D eigenvalue weighted by atomic mass is 35.5. The maximum absolute atomic E-state index is 12.1. The van der Waals surface area contributed by atoms with E-state index in [1.807, 2.05) is 25.8 Å². The van der Waals surface area contributed by atoms with Crippen LogP contribution in [0.2, 0.25) is 0 Å². The van der Waals surface area contributed by atoms with Crippen LogP contribution in [0.25, 0.3) is 0 Å². The molecule has 0 radical (unpaired) electrons. The second-order valence-electron chi connectivity index (χ2n) is 5.01. The summed E-state index contributed by atoms with van der Waals surface area (Å²) in [5.41, 5.74) is 0. The molecule has 6 nitrogen and oxygen atoms in total. The molecule has 1 heterocycles. The Labute approximate surface area is 127 Å². The van der Waals surface area contributed by atoms with E-state index < -0.39 is 0 Å². The van der Waals surface area contributed by atoms with E-state index in [4.69, 9.17) is 0 Å². The van der Waals surface area contributed by atoms with Gasteiger partial charge in [0, 0.05) is 32.7 Å². The van der Waals surface area contributed by atoms with Gasteiger partial charge in [-0.1, -0.05) is 6.92 Å². The molecule has 1 saturated heterocycles. The molecule has 1 aliphatic rings. The molecule has 0 aromatic rings. The number of likely N-dealkylation sites (N-methyl/N-ethyl adjacent to an activating group) is 1. The predicted molar refractivity (Wildman–Crippen MR) is 82.1 cm³/mol. The fourth-order valence-corrected chi connectivity index (χ4v) is 1.96. The molecule has 2 N–H and O–H groups in total. The van der Waals surface area contributed by atoms with Gasteiger partial charge in [-0.05, 0) is 20.4 Å². The molecule has 20 heavy (non-hydrogen) atoms. The van der Waals surface area contributed by atoms with E-state index in [1.165, 1.54) is 0 Å². The van der Waals surface area contributed by atoms with Gasteiger partial charge < -0.3 is 15.5 Å². The molecular weight excluding hydrogens is 280 g/mol. The summed E-state index contributed by atoms with van der Waals surface area (Å²) in [7, 11) is 1.82. The minimum atomic E-state index is -0.279. The van der Waals surface area contributed by atoms with Crippen LogP contribution in [0.3, 0.4) is 0 Å². The van der Waals surface area contributed by atoms with Crippen molar-refractivity contribution in [2.24, 2.45) is 0 Å². The SMILES string of the molecule is CCCNC(=O)C(C)N(C)CC(=O)N1CCNCC1.Cl. The lowest BCUT2D eigenvalue weighted by molar-refractivity contribution is -0.134. The van der Waals surface area contributed by atoms with E-state index in [-0.39, 0.29) is 30.3 Å². The first kappa shape index (κ1) is 19.1. The quantitative estimate of drug-likeness (QED) is 0.706. The highest BCUT2D eigenvalue weighted by Gasteiger charge is 2.23. The molecule has 1 rings (SSSR count). The zero-order chi connectivity index (χ0) is 14.3. The zero-order valence-electron chi connectivity index (χ0n) is 12.6. The van der Waals surface area contributed by atoms with Crippen LogP contribution in [-0.4, -0.2) is 74.0 Å². The summed E-state index contributed by atoms with van der Waals surface area (Å²) in [6.45, 7) is 8.03. The number of carbonyl (C=O) groups is 2. The molecule has 0 saturated carbocycles. The van der Waals surface area contributed by atoms with Gasteiger partial charge in [0.1, 0.15) is 0 Å². The van der Waals surface area contributed by atoms with Crippen LogP contribution in [0.15, 0.2) is 0 Å². The summed E-state index contributed by atoms with van der Waals surface area (Å²) in [6, 6.07) is -0.279. The molecule has 1 unspecified atom stereocenters. The first-order valence-electron chi connectivity index (χ1n) is 7.02. The Hall–Kier alpha value is -0.850. The third-order valence-corrected chi connectivity index (χ3v) is 3.44. The van der Waals surface area contributed by atoms with Crippen LogP contribution >= 0.6 is 12.4 Å². The van der Waals surface area contributed by atoms with Gasteiger partial charge in [0.25, 0.3) is 0 Å². The second kappa shape index (κ2) is 9.96. The van der Waals surface area contributed by atoms with Crippen molar-refractivity contribution in [1.82, 2.24) is 20.4 Å². The molecule has 0 aliphatic carbocycles. The van der Waals surface area contributed by atoms with Crippen molar-refractivity contribution in [3.05, 3.63) is 0 Å². The van der Waals surface area contributed by atoms with Gasteiger partial charge in [0.15, 0.2) is 0 Å². The maximum atomic E-state index is 12.1. The van der Waals surface area contributed by atoms with E-state index in [1.54, 1.807) is 4.90 Å². The summed E-state index contributed by atoms with van der Waals surface area (Å²) in [5, 5.41) is 6.07. The van der Waals surface area contributed by atoms with Crippen molar-refractivity contribution in [3.8, 4) is 0 Å². The van der Waals surface area contributed by atoms with E-state index in [0.717, 1.165) is 32.6 Å². The number of piperazine rings is 1. The van der Waals surface area contributed by atoms with Crippen LogP contribution in [-0.2, 0) is 9.59 Å². The van der Waals surface area contributed by atoms with Gasteiger partial charge >= 0.3 is 0 Å². The Morgan fingerprint density at radius 3 is 2.50 bits per heavy atom. The Morgan fingerprint density at radius 2 is 1.95 bits per heavy atom. The third kappa shape index (κ3) is 6.07. The number of halogens is 1. The van der Waals surface area contributed by atoms with Crippen LogP contribution in [0.1, 0.15) is 20.3 Å². The number of amides is 2.